The third-order valence-corrected chi connectivity index (χ3v) is 5.12. The molecule has 2 N–H and O–H groups in total. The number of rotatable bonds is 9. The number of aromatic amines is 1. The molecule has 0 amide bonds. The summed E-state index contributed by atoms with van der Waals surface area (Å²) in [6, 6.07) is 18.9. The van der Waals surface area contributed by atoms with E-state index in [0.717, 1.165) is 43.3 Å². The van der Waals surface area contributed by atoms with E-state index in [1.165, 1.54) is 21.6 Å². The molecule has 0 spiro atoms. The zero-order valence-corrected chi connectivity index (χ0v) is 16.8. The zero-order valence-electron chi connectivity index (χ0n) is 16.8. The fourth-order valence-electron chi connectivity index (χ4n) is 3.64. The van der Waals surface area contributed by atoms with Crippen molar-refractivity contribution in [1.82, 2.24) is 0 Å². The molecule has 5 nitrogen and oxygen atoms in total. The van der Waals surface area contributed by atoms with Gasteiger partial charge in [-0.2, -0.15) is 0 Å². The highest BCUT2D eigenvalue weighted by Crippen LogP contribution is 2.32. The predicted octanol–water partition coefficient (Wildman–Crippen LogP) is 2.46. The van der Waals surface area contributed by atoms with Crippen molar-refractivity contribution in [3.8, 4) is 17.2 Å². The van der Waals surface area contributed by atoms with Crippen molar-refractivity contribution in [1.29, 1.82) is 0 Å². The average Bonchev–Trinajstić information content (AvgIpc) is 3.22. The van der Waals surface area contributed by atoms with Crippen molar-refractivity contribution in [3.05, 3.63) is 83.7 Å². The van der Waals surface area contributed by atoms with Gasteiger partial charge in [0.25, 0.3) is 0 Å². The summed E-state index contributed by atoms with van der Waals surface area (Å²) < 4.78 is 16.5. The first-order valence-corrected chi connectivity index (χ1v) is 10.2. The molecule has 1 aliphatic rings. The standard InChI is InChI=1S/C24H26N2O3/c1-2-27-22-8-5-20(6-9-22)16-26(17-21-4-3-12-25-15-21)13-11-19-7-10-23-24(14-19)29-18-28-23/h3-10,12,14-15H,2,11,13,16-18H2,1H3/p+2. The van der Waals surface area contributed by atoms with Crippen LogP contribution in [0.5, 0.6) is 17.2 Å². The van der Waals surface area contributed by atoms with Crippen molar-refractivity contribution >= 4 is 0 Å². The van der Waals surface area contributed by atoms with E-state index in [-0.39, 0.29) is 0 Å². The quantitative estimate of drug-likeness (QED) is 0.609. The Labute approximate surface area is 171 Å². The molecular formula is C24H28N2O3+2. The van der Waals surface area contributed by atoms with Gasteiger partial charge in [-0.3, -0.25) is 0 Å². The summed E-state index contributed by atoms with van der Waals surface area (Å²) >= 11 is 0. The molecule has 0 saturated heterocycles. The Bertz CT molecular complexity index is 913. The highest BCUT2D eigenvalue weighted by atomic mass is 16.7. The van der Waals surface area contributed by atoms with Gasteiger partial charge in [-0.15, -0.1) is 0 Å². The summed E-state index contributed by atoms with van der Waals surface area (Å²) in [4.78, 5) is 4.70. The average molecular weight is 392 g/mol. The Kier molecular flexibility index (Phi) is 6.27. The van der Waals surface area contributed by atoms with E-state index in [1.807, 2.05) is 19.2 Å². The van der Waals surface area contributed by atoms with Crippen LogP contribution in [0.25, 0.3) is 0 Å². The van der Waals surface area contributed by atoms with Crippen LogP contribution in [0.4, 0.5) is 0 Å². The number of benzene rings is 2. The number of pyridine rings is 1. The minimum absolute atomic E-state index is 0.318. The van der Waals surface area contributed by atoms with Crippen molar-refractivity contribution in [2.24, 2.45) is 0 Å². The lowest BCUT2D eigenvalue weighted by molar-refractivity contribution is -0.927. The minimum Gasteiger partial charge on any atom is -0.494 e. The number of nitrogens with one attached hydrogen (secondary N) is 2. The van der Waals surface area contributed by atoms with Crippen molar-refractivity contribution in [3.63, 3.8) is 0 Å². The molecule has 4 rings (SSSR count). The summed E-state index contributed by atoms with van der Waals surface area (Å²) in [5.74, 6) is 2.62. The van der Waals surface area contributed by atoms with Crippen molar-refractivity contribution in [2.75, 3.05) is 19.9 Å². The molecule has 0 aliphatic carbocycles. The van der Waals surface area contributed by atoms with E-state index in [2.05, 4.69) is 59.7 Å². The summed E-state index contributed by atoms with van der Waals surface area (Å²) in [7, 11) is 0. The van der Waals surface area contributed by atoms with Crippen LogP contribution in [0.1, 0.15) is 23.6 Å². The highest BCUT2D eigenvalue weighted by Gasteiger charge is 2.16. The fraction of sp³-hybridized carbons (Fsp3) is 0.292. The van der Waals surface area contributed by atoms with Crippen LogP contribution in [-0.4, -0.2) is 19.9 Å². The summed E-state index contributed by atoms with van der Waals surface area (Å²) in [6.07, 6.45) is 5.01. The Hall–Kier alpha value is -3.05. The predicted molar refractivity (Wildman–Crippen MR) is 110 cm³/mol. The van der Waals surface area contributed by atoms with E-state index in [1.54, 1.807) is 0 Å². The second-order valence-corrected chi connectivity index (χ2v) is 7.28. The van der Waals surface area contributed by atoms with Gasteiger partial charge in [0.1, 0.15) is 18.8 Å². The van der Waals surface area contributed by atoms with Gasteiger partial charge in [-0.1, -0.05) is 6.07 Å². The lowest BCUT2D eigenvalue weighted by atomic mass is 10.1. The first-order chi connectivity index (χ1) is 14.3. The van der Waals surface area contributed by atoms with Gasteiger partial charge < -0.3 is 19.1 Å². The van der Waals surface area contributed by atoms with Gasteiger partial charge in [0.05, 0.1) is 18.7 Å². The van der Waals surface area contributed by atoms with E-state index in [4.69, 9.17) is 14.2 Å². The van der Waals surface area contributed by atoms with E-state index in [9.17, 15) is 0 Å². The van der Waals surface area contributed by atoms with Crippen molar-refractivity contribution < 1.29 is 24.1 Å². The van der Waals surface area contributed by atoms with Gasteiger partial charge >= 0.3 is 0 Å². The third kappa shape index (κ3) is 5.27. The molecular weight excluding hydrogens is 364 g/mol. The van der Waals surface area contributed by atoms with E-state index < -0.39 is 0 Å². The molecule has 0 radical (unpaired) electrons. The molecule has 1 atom stereocenters. The maximum atomic E-state index is 5.57. The summed E-state index contributed by atoms with van der Waals surface area (Å²) in [5.41, 5.74) is 3.89. The third-order valence-electron chi connectivity index (χ3n) is 5.12. The molecule has 2 aromatic carbocycles. The molecule has 0 bridgehead atoms. The zero-order chi connectivity index (χ0) is 19.9. The fourth-order valence-corrected chi connectivity index (χ4v) is 3.64. The molecule has 1 aliphatic heterocycles. The van der Waals surface area contributed by atoms with Crippen LogP contribution >= 0.6 is 0 Å². The number of hydrogen-bond acceptors (Lipinski definition) is 3. The van der Waals surface area contributed by atoms with Crippen LogP contribution in [-0.2, 0) is 19.5 Å². The number of H-pyrrole nitrogens is 1. The normalized spacial score (nSPS) is 13.3. The highest BCUT2D eigenvalue weighted by molar-refractivity contribution is 5.44. The maximum Gasteiger partial charge on any atom is 0.231 e. The van der Waals surface area contributed by atoms with Crippen molar-refractivity contribution in [2.45, 2.75) is 26.4 Å². The topological polar surface area (TPSA) is 46.3 Å². The first kappa shape index (κ1) is 19.3. The Balaban J connectivity index is 1.44. The van der Waals surface area contributed by atoms with Crippen LogP contribution in [0.15, 0.2) is 67.0 Å². The first-order valence-electron chi connectivity index (χ1n) is 10.2. The molecule has 29 heavy (non-hydrogen) atoms. The minimum atomic E-state index is 0.318. The summed E-state index contributed by atoms with van der Waals surface area (Å²) in [6.45, 7) is 5.98. The van der Waals surface area contributed by atoms with E-state index >= 15 is 0 Å². The second-order valence-electron chi connectivity index (χ2n) is 7.28. The second kappa shape index (κ2) is 9.43. The molecule has 3 aromatic rings. The van der Waals surface area contributed by atoms with Crippen LogP contribution in [0, 0.1) is 0 Å². The SMILES string of the molecule is CCOc1ccc(C[NH+](CCc2ccc3c(c2)OCO3)Cc2ccc[nH+]c2)cc1. The number of quaternary nitrogens is 1. The van der Waals surface area contributed by atoms with E-state index in [0.29, 0.717) is 13.4 Å². The molecule has 1 aromatic heterocycles. The van der Waals surface area contributed by atoms with Gasteiger partial charge in [0.15, 0.2) is 23.9 Å². The smallest absolute Gasteiger partial charge is 0.231 e. The van der Waals surface area contributed by atoms with Gasteiger partial charge in [0.2, 0.25) is 6.79 Å². The lowest BCUT2D eigenvalue weighted by Gasteiger charge is -2.19. The Morgan fingerprint density at radius 1 is 0.931 bits per heavy atom. The van der Waals surface area contributed by atoms with Gasteiger partial charge in [-0.05, 0) is 55.0 Å². The number of ether oxygens (including phenoxy) is 3. The van der Waals surface area contributed by atoms with Crippen LogP contribution < -0.4 is 24.1 Å². The molecule has 150 valence electrons. The maximum absolute atomic E-state index is 5.57. The largest absolute Gasteiger partial charge is 0.494 e. The molecule has 0 fully saturated rings. The molecule has 2 heterocycles. The van der Waals surface area contributed by atoms with Gasteiger partial charge in [0, 0.05) is 18.1 Å². The Morgan fingerprint density at radius 2 is 1.72 bits per heavy atom. The summed E-state index contributed by atoms with van der Waals surface area (Å²) in [5, 5.41) is 0. The monoisotopic (exact) mass is 392 g/mol. The Morgan fingerprint density at radius 3 is 2.52 bits per heavy atom. The molecule has 1 unspecified atom stereocenters. The molecule has 5 heteroatoms. The van der Waals surface area contributed by atoms with Crippen LogP contribution in [0.2, 0.25) is 0 Å². The molecule has 0 saturated carbocycles. The van der Waals surface area contributed by atoms with Gasteiger partial charge in [-0.25, -0.2) is 4.98 Å². The number of fused-ring (bicyclic) bond motifs is 1. The van der Waals surface area contributed by atoms with Crippen LogP contribution in [0.3, 0.4) is 0 Å². The number of aromatic nitrogens is 1. The lowest BCUT2D eigenvalue weighted by Crippen LogP contribution is -3.09. The number of hydrogen-bond donors (Lipinski definition) is 1.